The maximum absolute atomic E-state index is 5.07. The van der Waals surface area contributed by atoms with Crippen LogP contribution in [0.2, 0.25) is 0 Å². The number of alkyl halides is 1. The average Bonchev–Trinajstić information content (AvgIpc) is 1.37. The largest absolute Gasteiger partial charge is 2.00 e. The van der Waals surface area contributed by atoms with Gasteiger partial charge in [0.25, 0.3) is 0 Å². The molecule has 0 unspecified atom stereocenters. The van der Waals surface area contributed by atoms with Gasteiger partial charge in [0.15, 0.2) is 0 Å². The van der Waals surface area contributed by atoms with Crippen LogP contribution in [0.4, 0.5) is 0 Å². The molecule has 0 aromatic carbocycles. The van der Waals surface area contributed by atoms with Gasteiger partial charge in [0, 0.05) is 5.88 Å². The minimum absolute atomic E-state index is 0. The molecule has 0 spiro atoms. The topological polar surface area (TPSA) is 0 Å². The van der Waals surface area contributed by atoms with Crippen LogP contribution in [0.25, 0.3) is 0 Å². The Hall–Kier alpha value is 0.796. The molecule has 0 aliphatic rings. The molecular weight excluding hydrogens is 95.8 g/mol. The van der Waals surface area contributed by atoms with Gasteiger partial charge in [-0.2, -0.15) is 0 Å². The van der Waals surface area contributed by atoms with Gasteiger partial charge in [0.2, 0.25) is 0 Å². The molecule has 0 aromatic heterocycles. The molecule has 0 radical (unpaired) electrons. The molecule has 0 bridgehead atoms. The molecule has 0 saturated heterocycles. The van der Waals surface area contributed by atoms with Crippen LogP contribution >= 0.6 is 11.6 Å². The van der Waals surface area contributed by atoms with Crippen molar-refractivity contribution in [1.29, 1.82) is 0 Å². The second-order valence-corrected chi connectivity index (χ2v) is 0.752. The summed E-state index contributed by atoms with van der Waals surface area (Å²) in [5.74, 6) is 0.556. The van der Waals surface area contributed by atoms with Gasteiger partial charge in [0.05, 0.1) is 0 Å². The molecule has 0 aromatic rings. The van der Waals surface area contributed by atoms with Crippen molar-refractivity contribution in [3.8, 4) is 0 Å². The zero-order valence-electron chi connectivity index (χ0n) is 5.08. The first-order chi connectivity index (χ1) is 1.91. The van der Waals surface area contributed by atoms with E-state index in [0.717, 1.165) is 0 Å². The molecule has 0 amide bonds. The van der Waals surface area contributed by atoms with Gasteiger partial charge in [0.1, 0.15) is 0 Å². The number of rotatable bonds is 1. The Morgan fingerprint density at radius 1 is 2.00 bits per heavy atom. The van der Waals surface area contributed by atoms with Crippen molar-refractivity contribution < 1.29 is 2.85 Å². The summed E-state index contributed by atoms with van der Waals surface area (Å²) in [6.45, 7) is 3.35. The van der Waals surface area contributed by atoms with Gasteiger partial charge < -0.3 is 2.85 Å². The third kappa shape index (κ3) is 11.6. The van der Waals surface area contributed by atoms with Crippen LogP contribution in [0.3, 0.4) is 0 Å². The zero-order valence-corrected chi connectivity index (χ0v) is 5.25. The number of hydrogen-bond acceptors (Lipinski definition) is 0. The third-order valence-electron chi connectivity index (χ3n) is 0.109. The minimum atomic E-state index is 0. The van der Waals surface area contributed by atoms with Crippen LogP contribution in [-0.2, 0) is 0 Å². The van der Waals surface area contributed by atoms with Crippen molar-refractivity contribution in [3.63, 3.8) is 0 Å². The molecule has 0 saturated carbocycles. The van der Waals surface area contributed by atoms with E-state index in [1.54, 1.807) is 6.08 Å². The summed E-state index contributed by atoms with van der Waals surface area (Å²) < 4.78 is 0. The Kier molecular flexibility index (Phi) is 16.4. The van der Waals surface area contributed by atoms with Gasteiger partial charge in [-0.1, -0.05) is 6.08 Å². The molecule has 0 aliphatic carbocycles. The SMILES string of the molecule is C=CCCl.[H-].[H-].[Mg+2]. The summed E-state index contributed by atoms with van der Waals surface area (Å²) in [6, 6.07) is 0. The predicted molar refractivity (Wildman–Crippen MR) is 28.9 cm³/mol. The molecule has 0 nitrogen and oxygen atoms in total. The van der Waals surface area contributed by atoms with Crippen LogP contribution in [0.1, 0.15) is 2.85 Å². The summed E-state index contributed by atoms with van der Waals surface area (Å²) in [5.41, 5.74) is 0. The van der Waals surface area contributed by atoms with Crippen molar-refractivity contribution in [2.45, 2.75) is 0 Å². The van der Waals surface area contributed by atoms with E-state index in [0.29, 0.717) is 5.88 Å². The second kappa shape index (κ2) is 8.84. The normalized spacial score (nSPS) is 5.00. The molecule has 28 valence electrons. The Labute approximate surface area is 56.3 Å². The predicted octanol–water partition coefficient (Wildman–Crippen LogP) is 1.26. The van der Waals surface area contributed by atoms with Crippen LogP contribution in [0.15, 0.2) is 12.7 Å². The Morgan fingerprint density at radius 3 is 2.20 bits per heavy atom. The Bertz CT molecular complexity index is 26.9. The van der Waals surface area contributed by atoms with Gasteiger partial charge in [-0.3, -0.25) is 0 Å². The van der Waals surface area contributed by atoms with E-state index < -0.39 is 0 Å². The number of halogens is 1. The fraction of sp³-hybridized carbons (Fsp3) is 0.333. The summed E-state index contributed by atoms with van der Waals surface area (Å²) >= 11 is 5.07. The molecule has 0 aliphatic heterocycles. The molecule has 0 atom stereocenters. The first kappa shape index (κ1) is 9.25. The zero-order chi connectivity index (χ0) is 3.41. The van der Waals surface area contributed by atoms with Crippen LogP contribution in [0.5, 0.6) is 0 Å². The first-order valence-corrected chi connectivity index (χ1v) is 1.62. The van der Waals surface area contributed by atoms with E-state index in [4.69, 9.17) is 11.6 Å². The van der Waals surface area contributed by atoms with E-state index >= 15 is 0 Å². The van der Waals surface area contributed by atoms with Gasteiger partial charge in [-0.05, 0) is 0 Å². The standard InChI is InChI=1S/C3H5Cl.Mg.2H/c1-2-3-4;;;/h2H,1,3H2;;;/q;+2;2*-1. The molecular formula is C3H7ClMg. The van der Waals surface area contributed by atoms with Gasteiger partial charge in [-0.25, -0.2) is 0 Å². The second-order valence-electron chi connectivity index (χ2n) is 0.443. The summed E-state index contributed by atoms with van der Waals surface area (Å²) in [7, 11) is 0. The number of hydrogen-bond donors (Lipinski definition) is 0. The first-order valence-electron chi connectivity index (χ1n) is 1.08. The van der Waals surface area contributed by atoms with Gasteiger partial charge >= 0.3 is 23.1 Å². The van der Waals surface area contributed by atoms with E-state index in [1.165, 1.54) is 0 Å². The molecule has 0 N–H and O–H groups in total. The molecule has 0 fully saturated rings. The summed E-state index contributed by atoms with van der Waals surface area (Å²) in [6.07, 6.45) is 1.64. The Morgan fingerprint density at radius 2 is 2.20 bits per heavy atom. The van der Waals surface area contributed by atoms with Crippen LogP contribution in [-0.4, -0.2) is 28.9 Å². The fourth-order valence-electron chi connectivity index (χ4n) is 0. The van der Waals surface area contributed by atoms with Crippen molar-refractivity contribution in [1.82, 2.24) is 0 Å². The molecule has 0 heterocycles. The maximum Gasteiger partial charge on any atom is 2.00 e. The maximum atomic E-state index is 5.07. The van der Waals surface area contributed by atoms with Gasteiger partial charge in [-0.15, -0.1) is 18.2 Å². The molecule has 5 heavy (non-hydrogen) atoms. The smallest absolute Gasteiger partial charge is 1.00 e. The van der Waals surface area contributed by atoms with Crippen LogP contribution < -0.4 is 0 Å². The van der Waals surface area contributed by atoms with Crippen molar-refractivity contribution in [3.05, 3.63) is 12.7 Å². The van der Waals surface area contributed by atoms with Crippen molar-refractivity contribution in [2.24, 2.45) is 0 Å². The quantitative estimate of drug-likeness (QED) is 0.266. The van der Waals surface area contributed by atoms with E-state index in [9.17, 15) is 0 Å². The summed E-state index contributed by atoms with van der Waals surface area (Å²) in [4.78, 5) is 0. The van der Waals surface area contributed by atoms with Crippen molar-refractivity contribution >= 4 is 34.7 Å². The van der Waals surface area contributed by atoms with E-state index in [-0.39, 0.29) is 25.9 Å². The number of allylic oxidation sites excluding steroid dienone is 1. The fourth-order valence-corrected chi connectivity index (χ4v) is 0. The third-order valence-corrected chi connectivity index (χ3v) is 0.327. The minimum Gasteiger partial charge on any atom is -1.00 e. The monoisotopic (exact) mass is 102 g/mol. The molecule has 2 heteroatoms. The van der Waals surface area contributed by atoms with E-state index in [2.05, 4.69) is 6.58 Å². The van der Waals surface area contributed by atoms with Crippen LogP contribution in [0, 0.1) is 0 Å². The summed E-state index contributed by atoms with van der Waals surface area (Å²) in [5, 5.41) is 0. The Balaban J connectivity index is -0.0000000150. The molecule has 0 rings (SSSR count). The van der Waals surface area contributed by atoms with E-state index in [1.807, 2.05) is 0 Å². The van der Waals surface area contributed by atoms with Crippen molar-refractivity contribution in [2.75, 3.05) is 5.88 Å². The average molecular weight is 103 g/mol.